The Labute approximate surface area is 54.8 Å². The van der Waals surface area contributed by atoms with Crippen LogP contribution in [0.4, 0.5) is 0 Å². The predicted molar refractivity (Wildman–Crippen MR) is 38.1 cm³/mol. The van der Waals surface area contributed by atoms with Gasteiger partial charge in [0, 0.05) is 0 Å². The van der Waals surface area contributed by atoms with Crippen molar-refractivity contribution >= 4 is 6.21 Å². The van der Waals surface area contributed by atoms with Gasteiger partial charge >= 0.3 is 0 Å². The second kappa shape index (κ2) is 4.05. The molecule has 0 saturated heterocycles. The summed E-state index contributed by atoms with van der Waals surface area (Å²) in [5.41, 5.74) is 1.15. The molecule has 0 unspecified atom stereocenters. The van der Waals surface area contributed by atoms with E-state index >= 15 is 0 Å². The van der Waals surface area contributed by atoms with Crippen LogP contribution in [0.5, 0.6) is 0 Å². The predicted octanol–water partition coefficient (Wildman–Crippen LogP) is -0.0122. The summed E-state index contributed by atoms with van der Waals surface area (Å²) in [7, 11) is 0. The lowest BCUT2D eigenvalue weighted by Crippen LogP contribution is -2.32. The Morgan fingerprint density at radius 1 is 1.44 bits per heavy atom. The van der Waals surface area contributed by atoms with E-state index in [1.54, 1.807) is 0 Å². The van der Waals surface area contributed by atoms with Crippen molar-refractivity contribution in [1.29, 1.82) is 0 Å². The highest BCUT2D eigenvalue weighted by Gasteiger charge is 1.73. The minimum atomic E-state index is 0.763. The Morgan fingerprint density at radius 2 is 2.00 bits per heavy atom. The van der Waals surface area contributed by atoms with E-state index in [1.165, 1.54) is 6.21 Å². The van der Waals surface area contributed by atoms with Crippen LogP contribution in [0.2, 0.25) is 0 Å². The largest absolute Gasteiger partial charge is 0.216 e. The minimum Gasteiger partial charge on any atom is -0.216 e. The number of hydrogen-bond donors (Lipinski definition) is 2. The summed E-state index contributed by atoms with van der Waals surface area (Å²) in [6.45, 7) is 3.92. The van der Waals surface area contributed by atoms with E-state index in [2.05, 4.69) is 5.10 Å². The summed E-state index contributed by atoms with van der Waals surface area (Å²) in [6, 6.07) is 0. The molecule has 0 rings (SSSR count). The van der Waals surface area contributed by atoms with Gasteiger partial charge in [-0.15, -0.1) is 0 Å². The van der Waals surface area contributed by atoms with Crippen LogP contribution in [0.3, 0.4) is 0 Å². The molecule has 0 aliphatic carbocycles. The Kier molecular flexibility index (Phi) is 3.66. The van der Waals surface area contributed by atoms with Gasteiger partial charge in [0.2, 0.25) is 0 Å². The lowest BCUT2D eigenvalue weighted by atomic mass is 10.3. The molecule has 0 aromatic carbocycles. The van der Waals surface area contributed by atoms with Crippen LogP contribution < -0.4 is 11.7 Å². The van der Waals surface area contributed by atoms with Gasteiger partial charge in [0.15, 0.2) is 0 Å². The molecule has 0 saturated carbocycles. The first kappa shape index (κ1) is 8.13. The summed E-state index contributed by atoms with van der Waals surface area (Å²) in [5.74, 6) is 9.93. The molecule has 0 atom stereocenters. The molecule has 0 radical (unpaired) electrons. The summed E-state index contributed by atoms with van der Waals surface area (Å²) in [5, 5.41) is 4.32. The standard InChI is InChI=1S/C5H12N4/c1-5(2)3-4-8-9(6)7/h3-4H,6-7H2,1-2H3/b8-4-. The molecule has 0 heterocycles. The van der Waals surface area contributed by atoms with Gasteiger partial charge in [-0.25, -0.2) is 11.7 Å². The highest BCUT2D eigenvalue weighted by molar-refractivity contribution is 5.71. The fraction of sp³-hybridized carbons (Fsp3) is 0.400. The SMILES string of the molecule is CC(C)=C/C=N\N(N)N. The molecule has 0 aromatic rings. The first-order valence-corrected chi connectivity index (χ1v) is 2.60. The number of nitrogens with zero attached hydrogens (tertiary/aromatic N) is 2. The Balaban J connectivity index is 3.60. The minimum absolute atomic E-state index is 0.763. The number of allylic oxidation sites excluding steroid dienone is 2. The average molecular weight is 128 g/mol. The van der Waals surface area contributed by atoms with Crippen molar-refractivity contribution in [3.8, 4) is 0 Å². The molecule has 4 N–H and O–H groups in total. The quantitative estimate of drug-likeness (QED) is 0.312. The zero-order valence-corrected chi connectivity index (χ0v) is 5.70. The van der Waals surface area contributed by atoms with Crippen molar-refractivity contribution in [3.63, 3.8) is 0 Å². The second-order valence-electron chi connectivity index (χ2n) is 1.89. The van der Waals surface area contributed by atoms with Gasteiger partial charge in [0.1, 0.15) is 0 Å². The van der Waals surface area contributed by atoms with Gasteiger partial charge in [0.05, 0.1) is 6.21 Å². The molecular weight excluding hydrogens is 116 g/mol. The first-order chi connectivity index (χ1) is 4.13. The third kappa shape index (κ3) is 7.13. The summed E-state index contributed by atoms with van der Waals surface area (Å²) >= 11 is 0. The van der Waals surface area contributed by atoms with Crippen molar-refractivity contribution in [2.24, 2.45) is 16.8 Å². The summed E-state index contributed by atoms with van der Waals surface area (Å²) < 4.78 is 0. The maximum absolute atomic E-state index is 4.96. The van der Waals surface area contributed by atoms with Gasteiger partial charge in [0.25, 0.3) is 0 Å². The maximum Gasteiger partial charge on any atom is 0.0501 e. The van der Waals surface area contributed by atoms with Gasteiger partial charge in [-0.1, -0.05) is 5.57 Å². The second-order valence-corrected chi connectivity index (χ2v) is 1.89. The highest BCUT2D eigenvalue weighted by atomic mass is 15.8. The fourth-order valence-electron chi connectivity index (χ4n) is 0.259. The topological polar surface area (TPSA) is 67.6 Å². The van der Waals surface area contributed by atoms with Crippen molar-refractivity contribution in [2.45, 2.75) is 13.8 Å². The average Bonchev–Trinajstić information content (AvgIpc) is 1.63. The van der Waals surface area contributed by atoms with E-state index in [9.17, 15) is 0 Å². The Morgan fingerprint density at radius 3 is 2.33 bits per heavy atom. The molecule has 0 spiro atoms. The lowest BCUT2D eigenvalue weighted by molar-refractivity contribution is 0.314. The number of hydrogen-bond acceptors (Lipinski definition) is 4. The number of rotatable bonds is 2. The van der Waals surface area contributed by atoms with E-state index in [-0.39, 0.29) is 0 Å². The van der Waals surface area contributed by atoms with Crippen molar-refractivity contribution in [3.05, 3.63) is 11.6 Å². The van der Waals surface area contributed by atoms with Crippen LogP contribution in [-0.4, -0.2) is 11.4 Å². The number of hydrazone groups is 1. The zero-order valence-electron chi connectivity index (χ0n) is 5.70. The smallest absolute Gasteiger partial charge is 0.0501 e. The maximum atomic E-state index is 4.96. The van der Waals surface area contributed by atoms with Gasteiger partial charge in [-0.05, 0) is 19.9 Å². The van der Waals surface area contributed by atoms with Crippen LogP contribution in [0.1, 0.15) is 13.8 Å². The molecule has 52 valence electrons. The van der Waals surface area contributed by atoms with Crippen molar-refractivity contribution < 1.29 is 0 Å². The van der Waals surface area contributed by atoms with Crippen LogP contribution in [0.15, 0.2) is 16.8 Å². The van der Waals surface area contributed by atoms with Crippen molar-refractivity contribution in [1.82, 2.24) is 5.23 Å². The summed E-state index contributed by atoms with van der Waals surface area (Å²) in [6.07, 6.45) is 3.35. The number of hydrazine groups is 2. The molecule has 0 aromatic heterocycles. The van der Waals surface area contributed by atoms with E-state index in [0.29, 0.717) is 0 Å². The molecule has 0 aliphatic heterocycles. The molecule has 0 fully saturated rings. The zero-order chi connectivity index (χ0) is 7.28. The van der Waals surface area contributed by atoms with Gasteiger partial charge in [-0.3, -0.25) is 0 Å². The lowest BCUT2D eigenvalue weighted by Gasteiger charge is -1.98. The normalized spacial score (nSPS) is 9.78. The summed E-state index contributed by atoms with van der Waals surface area (Å²) in [4.78, 5) is 0. The van der Waals surface area contributed by atoms with Crippen LogP contribution in [0.25, 0.3) is 0 Å². The van der Waals surface area contributed by atoms with E-state index in [1.807, 2.05) is 19.9 Å². The van der Waals surface area contributed by atoms with E-state index in [0.717, 1.165) is 10.8 Å². The number of nitrogens with two attached hydrogens (primary N) is 2. The Hall–Kier alpha value is -0.870. The molecule has 0 bridgehead atoms. The van der Waals surface area contributed by atoms with Crippen LogP contribution in [0, 0.1) is 0 Å². The van der Waals surface area contributed by atoms with Crippen LogP contribution >= 0.6 is 0 Å². The molecule has 0 aliphatic rings. The molecule has 0 amide bonds. The van der Waals surface area contributed by atoms with Gasteiger partial charge in [-0.2, -0.15) is 10.3 Å². The molecule has 4 nitrogen and oxygen atoms in total. The van der Waals surface area contributed by atoms with E-state index < -0.39 is 0 Å². The molecular formula is C5H12N4. The van der Waals surface area contributed by atoms with Crippen LogP contribution in [-0.2, 0) is 0 Å². The first-order valence-electron chi connectivity index (χ1n) is 2.60. The fourth-order valence-corrected chi connectivity index (χ4v) is 0.259. The highest BCUT2D eigenvalue weighted by Crippen LogP contribution is 1.83. The van der Waals surface area contributed by atoms with Gasteiger partial charge < -0.3 is 0 Å². The van der Waals surface area contributed by atoms with E-state index in [4.69, 9.17) is 11.7 Å². The van der Waals surface area contributed by atoms with Crippen molar-refractivity contribution in [2.75, 3.05) is 0 Å². The molecule has 9 heavy (non-hydrogen) atoms. The monoisotopic (exact) mass is 128 g/mol. The Bertz CT molecular complexity index is 121. The third-order valence-corrected chi connectivity index (χ3v) is 0.608. The molecule has 4 heteroatoms. The third-order valence-electron chi connectivity index (χ3n) is 0.608.